The number of aromatic nitrogens is 1. The lowest BCUT2D eigenvalue weighted by molar-refractivity contribution is -0.120. The van der Waals surface area contributed by atoms with Crippen LogP contribution in [0.3, 0.4) is 0 Å². The third kappa shape index (κ3) is 6.15. The minimum atomic E-state index is -0.474. The molecule has 1 aromatic heterocycles. The van der Waals surface area contributed by atoms with Crippen LogP contribution in [0.4, 0.5) is 4.79 Å². The summed E-state index contributed by atoms with van der Waals surface area (Å²) in [5.74, 6) is -0.00413. The first-order valence-corrected chi connectivity index (χ1v) is 10.1. The second kappa shape index (κ2) is 9.22. The van der Waals surface area contributed by atoms with Gasteiger partial charge in [-0.3, -0.25) is 14.7 Å². The number of nitrogens with one attached hydrogen (secondary N) is 1. The summed E-state index contributed by atoms with van der Waals surface area (Å²) in [6.07, 6.45) is 1.82. The number of fused-ring (bicyclic) bond motifs is 1. The number of carbonyl (C=O) groups excluding carboxylic acids is 2. The van der Waals surface area contributed by atoms with Gasteiger partial charge in [0.15, 0.2) is 0 Å². The van der Waals surface area contributed by atoms with E-state index in [1.807, 2.05) is 51.1 Å². The van der Waals surface area contributed by atoms with Crippen LogP contribution in [0.2, 0.25) is 0 Å². The topological polar surface area (TPSA) is 74.8 Å². The van der Waals surface area contributed by atoms with Gasteiger partial charge in [0, 0.05) is 50.9 Å². The third-order valence-electron chi connectivity index (χ3n) is 4.84. The van der Waals surface area contributed by atoms with Crippen LogP contribution in [0.5, 0.6) is 0 Å². The van der Waals surface area contributed by atoms with Gasteiger partial charge < -0.3 is 15.0 Å². The molecule has 29 heavy (non-hydrogen) atoms. The second-order valence-electron chi connectivity index (χ2n) is 8.33. The molecular weight excluding hydrogens is 368 g/mol. The van der Waals surface area contributed by atoms with E-state index in [1.165, 1.54) is 0 Å². The summed E-state index contributed by atoms with van der Waals surface area (Å²) in [4.78, 5) is 32.9. The molecule has 2 amide bonds. The van der Waals surface area contributed by atoms with Gasteiger partial charge in [0.05, 0.1) is 11.9 Å². The molecule has 0 saturated carbocycles. The minimum Gasteiger partial charge on any atom is -0.444 e. The highest BCUT2D eigenvalue weighted by Gasteiger charge is 2.25. The fourth-order valence-electron chi connectivity index (χ4n) is 3.38. The van der Waals surface area contributed by atoms with Crippen molar-refractivity contribution in [1.29, 1.82) is 0 Å². The molecule has 1 aliphatic heterocycles. The minimum absolute atomic E-state index is 0.00413. The predicted octanol–water partition coefficient (Wildman–Crippen LogP) is 2.45. The Morgan fingerprint density at radius 1 is 1.10 bits per heavy atom. The lowest BCUT2D eigenvalue weighted by atomic mass is 10.1. The van der Waals surface area contributed by atoms with Crippen LogP contribution in [0.1, 0.15) is 26.3 Å². The summed E-state index contributed by atoms with van der Waals surface area (Å²) in [6, 6.07) is 9.80. The molecule has 156 valence electrons. The number of nitrogens with zero attached hydrogens (tertiary/aromatic N) is 3. The SMILES string of the molecule is CC(C)(C)OC(=O)N1CCN(CCNC(=O)Cc2cccc3cccnc23)CC1. The number of para-hydroxylation sites is 1. The number of hydrogen-bond acceptors (Lipinski definition) is 5. The largest absolute Gasteiger partial charge is 0.444 e. The van der Waals surface area contributed by atoms with Crippen molar-refractivity contribution in [3.8, 4) is 0 Å². The first-order chi connectivity index (χ1) is 13.8. The molecule has 2 aromatic rings. The molecule has 0 unspecified atom stereocenters. The van der Waals surface area contributed by atoms with E-state index in [0.717, 1.165) is 36.1 Å². The maximum Gasteiger partial charge on any atom is 0.410 e. The van der Waals surface area contributed by atoms with Gasteiger partial charge in [0.1, 0.15) is 5.60 Å². The molecule has 0 spiro atoms. The Morgan fingerprint density at radius 3 is 2.55 bits per heavy atom. The van der Waals surface area contributed by atoms with Gasteiger partial charge >= 0.3 is 6.09 Å². The van der Waals surface area contributed by atoms with Crippen LogP contribution in [0.25, 0.3) is 10.9 Å². The smallest absolute Gasteiger partial charge is 0.410 e. The molecule has 0 aliphatic carbocycles. The third-order valence-corrected chi connectivity index (χ3v) is 4.84. The van der Waals surface area contributed by atoms with Crippen molar-refractivity contribution in [2.75, 3.05) is 39.3 Å². The quantitative estimate of drug-likeness (QED) is 0.837. The van der Waals surface area contributed by atoms with Gasteiger partial charge in [-0.2, -0.15) is 0 Å². The Balaban J connectivity index is 1.39. The van der Waals surface area contributed by atoms with E-state index in [1.54, 1.807) is 11.1 Å². The molecule has 1 aromatic carbocycles. The van der Waals surface area contributed by atoms with Gasteiger partial charge in [0.25, 0.3) is 0 Å². The molecule has 2 heterocycles. The van der Waals surface area contributed by atoms with Crippen LogP contribution in [0, 0.1) is 0 Å². The van der Waals surface area contributed by atoms with Crippen LogP contribution < -0.4 is 5.32 Å². The van der Waals surface area contributed by atoms with E-state index in [9.17, 15) is 9.59 Å². The normalized spacial score (nSPS) is 15.3. The first kappa shape index (κ1) is 21.0. The van der Waals surface area contributed by atoms with E-state index >= 15 is 0 Å². The molecule has 1 aliphatic rings. The Kier molecular flexibility index (Phi) is 6.69. The van der Waals surface area contributed by atoms with E-state index in [0.29, 0.717) is 26.1 Å². The Hall–Kier alpha value is -2.67. The van der Waals surface area contributed by atoms with Crippen molar-refractivity contribution in [3.63, 3.8) is 0 Å². The molecule has 0 atom stereocenters. The van der Waals surface area contributed by atoms with Crippen molar-refractivity contribution >= 4 is 22.9 Å². The number of hydrogen-bond donors (Lipinski definition) is 1. The van der Waals surface area contributed by atoms with Gasteiger partial charge in [-0.05, 0) is 32.4 Å². The van der Waals surface area contributed by atoms with Crippen LogP contribution in [-0.4, -0.2) is 71.7 Å². The number of piperazine rings is 1. The van der Waals surface area contributed by atoms with Gasteiger partial charge in [0.2, 0.25) is 5.91 Å². The summed E-state index contributed by atoms with van der Waals surface area (Å²) in [6.45, 7) is 9.82. The number of ether oxygens (including phenoxy) is 1. The predicted molar refractivity (Wildman–Crippen MR) is 113 cm³/mol. The number of pyridine rings is 1. The summed E-state index contributed by atoms with van der Waals surface area (Å²) in [7, 11) is 0. The van der Waals surface area contributed by atoms with Gasteiger partial charge in [-0.1, -0.05) is 24.3 Å². The molecule has 7 heteroatoms. The highest BCUT2D eigenvalue weighted by molar-refractivity contribution is 5.87. The molecule has 1 fully saturated rings. The highest BCUT2D eigenvalue weighted by Crippen LogP contribution is 2.16. The maximum absolute atomic E-state index is 12.3. The standard InChI is InChI=1S/C22H30N4O3/c1-22(2,3)29-21(28)26-14-12-25(13-15-26)11-10-23-19(27)16-18-7-4-6-17-8-5-9-24-20(17)18/h4-9H,10-16H2,1-3H3,(H,23,27). The van der Waals surface area contributed by atoms with E-state index < -0.39 is 5.60 Å². The van der Waals surface area contributed by atoms with Gasteiger partial charge in [-0.15, -0.1) is 0 Å². The second-order valence-corrected chi connectivity index (χ2v) is 8.33. The summed E-state index contributed by atoms with van der Waals surface area (Å²) in [5.41, 5.74) is 1.34. The zero-order chi connectivity index (χ0) is 20.9. The Bertz CT molecular complexity index is 849. The molecular formula is C22H30N4O3. The summed E-state index contributed by atoms with van der Waals surface area (Å²) in [5, 5.41) is 4.04. The highest BCUT2D eigenvalue weighted by atomic mass is 16.6. The molecule has 1 N–H and O–H groups in total. The fraction of sp³-hybridized carbons (Fsp3) is 0.500. The Labute approximate surface area is 172 Å². The maximum atomic E-state index is 12.3. The van der Waals surface area contributed by atoms with Crippen molar-refractivity contribution in [2.24, 2.45) is 0 Å². The lowest BCUT2D eigenvalue weighted by Gasteiger charge is -2.35. The zero-order valence-electron chi connectivity index (χ0n) is 17.5. The molecule has 0 radical (unpaired) electrons. The van der Waals surface area contributed by atoms with Gasteiger partial charge in [-0.25, -0.2) is 4.79 Å². The number of benzene rings is 1. The number of rotatable bonds is 5. The van der Waals surface area contributed by atoms with Crippen molar-refractivity contribution in [3.05, 3.63) is 42.1 Å². The van der Waals surface area contributed by atoms with Crippen molar-refractivity contribution < 1.29 is 14.3 Å². The van der Waals surface area contributed by atoms with Crippen LogP contribution in [0.15, 0.2) is 36.5 Å². The van der Waals surface area contributed by atoms with E-state index in [-0.39, 0.29) is 12.0 Å². The molecule has 3 rings (SSSR count). The van der Waals surface area contributed by atoms with E-state index in [2.05, 4.69) is 15.2 Å². The zero-order valence-corrected chi connectivity index (χ0v) is 17.5. The number of carbonyl (C=O) groups is 2. The van der Waals surface area contributed by atoms with Crippen LogP contribution in [-0.2, 0) is 16.0 Å². The first-order valence-electron chi connectivity index (χ1n) is 10.1. The monoisotopic (exact) mass is 398 g/mol. The average Bonchev–Trinajstić information content (AvgIpc) is 2.67. The lowest BCUT2D eigenvalue weighted by Crippen LogP contribution is -2.51. The molecule has 0 bridgehead atoms. The van der Waals surface area contributed by atoms with E-state index in [4.69, 9.17) is 4.74 Å². The number of amides is 2. The molecule has 7 nitrogen and oxygen atoms in total. The Morgan fingerprint density at radius 2 is 1.83 bits per heavy atom. The molecule has 1 saturated heterocycles. The fourth-order valence-corrected chi connectivity index (χ4v) is 3.38. The van der Waals surface area contributed by atoms with Crippen LogP contribution >= 0.6 is 0 Å². The average molecular weight is 399 g/mol. The summed E-state index contributed by atoms with van der Waals surface area (Å²) >= 11 is 0. The summed E-state index contributed by atoms with van der Waals surface area (Å²) < 4.78 is 5.42. The van der Waals surface area contributed by atoms with Crippen molar-refractivity contribution in [2.45, 2.75) is 32.8 Å². The van der Waals surface area contributed by atoms with Crippen molar-refractivity contribution in [1.82, 2.24) is 20.1 Å².